The molecular formula is C25H28N4O5S. The molecule has 4 rings (SSSR count). The number of para-hydroxylation sites is 1. The van der Waals surface area contributed by atoms with E-state index in [0.29, 0.717) is 12.4 Å². The van der Waals surface area contributed by atoms with Gasteiger partial charge in [0.25, 0.3) is 0 Å². The van der Waals surface area contributed by atoms with E-state index in [1.165, 1.54) is 17.0 Å². The largest absolute Gasteiger partial charge is 0.489 e. The van der Waals surface area contributed by atoms with Gasteiger partial charge in [0.1, 0.15) is 17.9 Å². The minimum absolute atomic E-state index is 0.0377. The quantitative estimate of drug-likeness (QED) is 0.491. The summed E-state index contributed by atoms with van der Waals surface area (Å²) in [6.45, 7) is 5.48. The molecule has 0 aliphatic carbocycles. The van der Waals surface area contributed by atoms with Gasteiger partial charge in [-0.15, -0.1) is 0 Å². The first kappa shape index (κ1) is 24.6. The van der Waals surface area contributed by atoms with E-state index < -0.39 is 21.5 Å². The van der Waals surface area contributed by atoms with E-state index in [1.54, 1.807) is 26.0 Å². The van der Waals surface area contributed by atoms with Crippen LogP contribution in [0.2, 0.25) is 0 Å². The highest BCUT2D eigenvalue weighted by Crippen LogP contribution is 2.27. The van der Waals surface area contributed by atoms with Crippen LogP contribution in [0.1, 0.15) is 25.1 Å². The lowest BCUT2D eigenvalue weighted by molar-refractivity contribution is -0.147. The molecular weight excluding hydrogens is 468 g/mol. The molecule has 1 fully saturated rings. The third kappa shape index (κ3) is 4.98. The molecule has 1 aliphatic heterocycles. The highest BCUT2D eigenvalue weighted by molar-refractivity contribution is 7.89. The third-order valence-corrected chi connectivity index (χ3v) is 7.54. The van der Waals surface area contributed by atoms with Crippen LogP contribution >= 0.6 is 0 Å². The number of benzene rings is 2. The van der Waals surface area contributed by atoms with Crippen LogP contribution in [0.3, 0.4) is 0 Å². The standard InChI is InChI=1S/C25H28N4O5S/c1-16(2)23(30)29-14-25(15-29,24(26)31)28-35(32,33)20-10-8-19(9-11-20)34-13-18-12-17(3)27-22-7-5-4-6-21(18)22/h4-12,16,28H,13-15H2,1-3H3,(H2,26,31). The van der Waals surface area contributed by atoms with Crippen molar-refractivity contribution in [3.05, 3.63) is 65.9 Å². The van der Waals surface area contributed by atoms with Crippen LogP contribution in [0.5, 0.6) is 5.75 Å². The Balaban J connectivity index is 1.46. The molecule has 0 spiro atoms. The van der Waals surface area contributed by atoms with Gasteiger partial charge in [-0.1, -0.05) is 32.0 Å². The van der Waals surface area contributed by atoms with Crippen LogP contribution in [0.4, 0.5) is 0 Å². The summed E-state index contributed by atoms with van der Waals surface area (Å²) in [4.78, 5) is 30.1. The number of pyridine rings is 1. The van der Waals surface area contributed by atoms with E-state index in [4.69, 9.17) is 10.5 Å². The molecule has 3 N–H and O–H groups in total. The highest BCUT2D eigenvalue weighted by atomic mass is 32.2. The number of carbonyl (C=O) groups excluding carboxylic acids is 2. The fraction of sp³-hybridized carbons (Fsp3) is 0.320. The second kappa shape index (κ2) is 9.27. The van der Waals surface area contributed by atoms with Crippen molar-refractivity contribution < 1.29 is 22.7 Å². The normalized spacial score (nSPS) is 15.1. The lowest BCUT2D eigenvalue weighted by Gasteiger charge is -2.48. The number of nitrogens with zero attached hydrogens (tertiary/aromatic N) is 2. The number of aryl methyl sites for hydroxylation is 1. The van der Waals surface area contributed by atoms with Crippen molar-refractivity contribution in [1.82, 2.24) is 14.6 Å². The van der Waals surface area contributed by atoms with Crippen molar-refractivity contribution in [2.24, 2.45) is 11.7 Å². The molecule has 0 atom stereocenters. The van der Waals surface area contributed by atoms with Crippen molar-refractivity contribution in [1.29, 1.82) is 0 Å². The van der Waals surface area contributed by atoms with Crippen LogP contribution in [-0.2, 0) is 26.2 Å². The predicted octanol–water partition coefficient (Wildman–Crippen LogP) is 2.12. The molecule has 0 bridgehead atoms. The Morgan fingerprint density at radius 2 is 1.80 bits per heavy atom. The minimum atomic E-state index is -4.06. The Kier molecular flexibility index (Phi) is 6.52. The van der Waals surface area contributed by atoms with Crippen molar-refractivity contribution in [3.63, 3.8) is 0 Å². The molecule has 0 unspecified atom stereocenters. The van der Waals surface area contributed by atoms with E-state index in [9.17, 15) is 18.0 Å². The van der Waals surface area contributed by atoms with Gasteiger partial charge < -0.3 is 15.4 Å². The average Bonchev–Trinajstić information content (AvgIpc) is 2.79. The van der Waals surface area contributed by atoms with E-state index in [-0.39, 0.29) is 29.8 Å². The Bertz CT molecular complexity index is 1380. The second-order valence-corrected chi connectivity index (χ2v) is 10.8. The number of primary amides is 1. The number of carbonyl (C=O) groups is 2. The molecule has 184 valence electrons. The number of sulfonamides is 1. The molecule has 2 aromatic carbocycles. The van der Waals surface area contributed by atoms with Gasteiger partial charge in [-0.2, -0.15) is 4.72 Å². The van der Waals surface area contributed by atoms with Crippen molar-refractivity contribution in [2.45, 2.75) is 37.8 Å². The van der Waals surface area contributed by atoms with E-state index >= 15 is 0 Å². The molecule has 2 heterocycles. The van der Waals surface area contributed by atoms with Crippen molar-refractivity contribution in [2.75, 3.05) is 13.1 Å². The molecule has 0 saturated carbocycles. The van der Waals surface area contributed by atoms with Gasteiger partial charge in [0, 0.05) is 22.6 Å². The molecule has 35 heavy (non-hydrogen) atoms. The van der Waals surface area contributed by atoms with Crippen molar-refractivity contribution in [3.8, 4) is 5.75 Å². The van der Waals surface area contributed by atoms with Crippen LogP contribution in [0.15, 0.2) is 59.5 Å². The van der Waals surface area contributed by atoms with Gasteiger partial charge in [0.2, 0.25) is 21.8 Å². The summed E-state index contributed by atoms with van der Waals surface area (Å²) in [7, 11) is -4.06. The topological polar surface area (TPSA) is 132 Å². The SMILES string of the molecule is Cc1cc(COc2ccc(S(=O)(=O)NC3(C(N)=O)CN(C(=O)C(C)C)C3)cc2)c2ccccc2n1. The summed E-state index contributed by atoms with van der Waals surface area (Å²) in [6, 6.07) is 15.7. The first-order valence-corrected chi connectivity index (χ1v) is 12.7. The van der Waals surface area contributed by atoms with Gasteiger partial charge in [-0.25, -0.2) is 8.42 Å². The zero-order chi connectivity index (χ0) is 25.4. The molecule has 2 amide bonds. The fourth-order valence-corrected chi connectivity index (χ4v) is 5.46. The number of fused-ring (bicyclic) bond motifs is 1. The van der Waals surface area contributed by atoms with E-state index in [2.05, 4.69) is 9.71 Å². The molecule has 10 heteroatoms. The summed E-state index contributed by atoms with van der Waals surface area (Å²) in [5.41, 5.74) is 6.70. The zero-order valence-electron chi connectivity index (χ0n) is 19.8. The molecule has 1 saturated heterocycles. The van der Waals surface area contributed by atoms with Gasteiger partial charge in [-0.3, -0.25) is 14.6 Å². The highest BCUT2D eigenvalue weighted by Gasteiger charge is 2.52. The van der Waals surface area contributed by atoms with Gasteiger partial charge in [0.15, 0.2) is 0 Å². The van der Waals surface area contributed by atoms with Gasteiger partial charge >= 0.3 is 0 Å². The Labute approximate surface area is 204 Å². The average molecular weight is 497 g/mol. The van der Waals surface area contributed by atoms with Crippen molar-refractivity contribution >= 4 is 32.7 Å². The Morgan fingerprint density at radius 3 is 2.43 bits per heavy atom. The number of rotatable bonds is 8. The lowest BCUT2D eigenvalue weighted by atomic mass is 9.89. The summed E-state index contributed by atoms with van der Waals surface area (Å²) in [5.74, 6) is -0.767. The zero-order valence-corrected chi connectivity index (χ0v) is 20.6. The summed E-state index contributed by atoms with van der Waals surface area (Å²) in [5, 5.41) is 0.990. The maximum absolute atomic E-state index is 13.0. The molecule has 1 aliphatic rings. The Morgan fingerprint density at radius 1 is 1.14 bits per heavy atom. The van der Waals surface area contributed by atoms with Crippen LogP contribution in [-0.4, -0.2) is 48.7 Å². The van der Waals surface area contributed by atoms with E-state index in [1.807, 2.05) is 37.3 Å². The number of aromatic nitrogens is 1. The maximum Gasteiger partial charge on any atom is 0.242 e. The summed E-state index contributed by atoms with van der Waals surface area (Å²) in [6.07, 6.45) is 0. The Hall–Kier alpha value is -3.50. The number of hydrogen-bond donors (Lipinski definition) is 2. The second-order valence-electron chi connectivity index (χ2n) is 9.10. The molecule has 9 nitrogen and oxygen atoms in total. The smallest absolute Gasteiger partial charge is 0.242 e. The monoisotopic (exact) mass is 496 g/mol. The number of nitrogens with two attached hydrogens (primary N) is 1. The molecule has 1 aromatic heterocycles. The van der Waals surface area contributed by atoms with Gasteiger partial charge in [-0.05, 0) is 43.3 Å². The summed E-state index contributed by atoms with van der Waals surface area (Å²) >= 11 is 0. The first-order valence-electron chi connectivity index (χ1n) is 11.2. The van der Waals surface area contributed by atoms with Crippen LogP contribution < -0.4 is 15.2 Å². The van der Waals surface area contributed by atoms with E-state index in [0.717, 1.165) is 22.2 Å². The lowest BCUT2D eigenvalue weighted by Crippen LogP contribution is -2.76. The number of amides is 2. The molecule has 0 radical (unpaired) electrons. The number of ether oxygens (including phenoxy) is 1. The number of nitrogens with one attached hydrogen (secondary N) is 1. The van der Waals surface area contributed by atoms with Gasteiger partial charge in [0.05, 0.1) is 23.5 Å². The predicted molar refractivity (Wildman–Crippen MR) is 131 cm³/mol. The molecule has 3 aromatic rings. The minimum Gasteiger partial charge on any atom is -0.489 e. The van der Waals surface area contributed by atoms with Crippen LogP contribution in [0, 0.1) is 12.8 Å². The fourth-order valence-electron chi connectivity index (χ4n) is 4.10. The third-order valence-electron chi connectivity index (χ3n) is 5.99. The van der Waals surface area contributed by atoms with Crippen LogP contribution in [0.25, 0.3) is 10.9 Å². The summed E-state index contributed by atoms with van der Waals surface area (Å²) < 4.78 is 34.2. The number of likely N-dealkylation sites (tertiary alicyclic amines) is 1. The maximum atomic E-state index is 13.0. The number of hydrogen-bond acceptors (Lipinski definition) is 6. The first-order chi connectivity index (χ1) is 16.5.